The largest absolute Gasteiger partial charge is 0.455 e. The summed E-state index contributed by atoms with van der Waals surface area (Å²) in [6, 6.07) is 17.9. The highest BCUT2D eigenvalue weighted by atomic mass is 16.3. The first-order chi connectivity index (χ1) is 9.75. The van der Waals surface area contributed by atoms with Crippen molar-refractivity contribution in [2.75, 3.05) is 0 Å². The van der Waals surface area contributed by atoms with Crippen molar-refractivity contribution in [1.82, 2.24) is 0 Å². The monoisotopic (exact) mass is 260 g/mol. The van der Waals surface area contributed by atoms with E-state index in [2.05, 4.69) is 12.1 Å². The minimum Gasteiger partial charge on any atom is -0.455 e. The third kappa shape index (κ3) is 1.42. The lowest BCUT2D eigenvalue weighted by Crippen LogP contribution is -1.91. The van der Waals surface area contributed by atoms with Crippen molar-refractivity contribution >= 4 is 38.5 Å². The number of carbonyl (C=O) groups excluding carboxylic acids is 1. The lowest BCUT2D eigenvalue weighted by atomic mass is 10.0. The minimum atomic E-state index is 0.0615. The van der Waals surface area contributed by atoms with Crippen LogP contribution in [0, 0.1) is 0 Å². The number of Topliss-reactive ketones (excluding diaryl/α,β-unsaturated/α-hetero) is 1. The number of hydrogen-bond donors (Lipinski definition) is 0. The molecule has 2 nitrogen and oxygen atoms in total. The molecule has 0 radical (unpaired) electrons. The minimum absolute atomic E-state index is 0.0615. The van der Waals surface area contributed by atoms with E-state index in [0.29, 0.717) is 0 Å². The Bertz CT molecular complexity index is 977. The van der Waals surface area contributed by atoms with Gasteiger partial charge in [0, 0.05) is 21.7 Å². The second-order valence-corrected chi connectivity index (χ2v) is 5.00. The van der Waals surface area contributed by atoms with E-state index < -0.39 is 0 Å². The van der Waals surface area contributed by atoms with Gasteiger partial charge in [-0.25, -0.2) is 0 Å². The van der Waals surface area contributed by atoms with E-state index in [4.69, 9.17) is 4.42 Å². The number of furan rings is 1. The van der Waals surface area contributed by atoms with Gasteiger partial charge in [0.25, 0.3) is 0 Å². The van der Waals surface area contributed by atoms with Gasteiger partial charge in [-0.15, -0.1) is 0 Å². The summed E-state index contributed by atoms with van der Waals surface area (Å²) in [4.78, 5) is 11.8. The summed E-state index contributed by atoms with van der Waals surface area (Å²) in [5.74, 6) is 0.0615. The molecule has 0 N–H and O–H groups in total. The number of fused-ring (bicyclic) bond motifs is 5. The average molecular weight is 260 g/mol. The fourth-order valence-electron chi connectivity index (χ4n) is 2.85. The summed E-state index contributed by atoms with van der Waals surface area (Å²) >= 11 is 0. The maximum Gasteiger partial charge on any atom is 0.160 e. The topological polar surface area (TPSA) is 30.2 Å². The van der Waals surface area contributed by atoms with Crippen LogP contribution in [0.5, 0.6) is 0 Å². The van der Waals surface area contributed by atoms with E-state index >= 15 is 0 Å². The molecule has 3 aromatic carbocycles. The molecule has 0 saturated heterocycles. The first-order valence-corrected chi connectivity index (χ1v) is 6.59. The smallest absolute Gasteiger partial charge is 0.160 e. The predicted octanol–water partition coefficient (Wildman–Crippen LogP) is 4.94. The first kappa shape index (κ1) is 11.2. The van der Waals surface area contributed by atoms with Crippen LogP contribution in [-0.4, -0.2) is 5.78 Å². The van der Waals surface area contributed by atoms with Crippen molar-refractivity contribution in [2.24, 2.45) is 0 Å². The Kier molecular flexibility index (Phi) is 2.21. The van der Waals surface area contributed by atoms with Gasteiger partial charge >= 0.3 is 0 Å². The van der Waals surface area contributed by atoms with Crippen LogP contribution in [0.25, 0.3) is 32.7 Å². The molecular formula is C18H12O2. The Morgan fingerprint density at radius 2 is 1.75 bits per heavy atom. The van der Waals surface area contributed by atoms with E-state index in [1.165, 1.54) is 0 Å². The predicted molar refractivity (Wildman–Crippen MR) is 81.2 cm³/mol. The van der Waals surface area contributed by atoms with Crippen LogP contribution in [0.2, 0.25) is 0 Å². The van der Waals surface area contributed by atoms with Crippen molar-refractivity contribution in [3.8, 4) is 0 Å². The number of hydrogen-bond acceptors (Lipinski definition) is 2. The van der Waals surface area contributed by atoms with Gasteiger partial charge in [-0.3, -0.25) is 4.79 Å². The summed E-state index contributed by atoms with van der Waals surface area (Å²) in [6.07, 6.45) is 0. The summed E-state index contributed by atoms with van der Waals surface area (Å²) in [5, 5.41) is 4.14. The zero-order chi connectivity index (χ0) is 13.7. The van der Waals surface area contributed by atoms with Crippen LogP contribution in [0.1, 0.15) is 17.3 Å². The van der Waals surface area contributed by atoms with E-state index in [1.807, 2.05) is 42.5 Å². The summed E-state index contributed by atoms with van der Waals surface area (Å²) in [7, 11) is 0. The van der Waals surface area contributed by atoms with Crippen LogP contribution in [0.3, 0.4) is 0 Å². The van der Waals surface area contributed by atoms with Crippen molar-refractivity contribution in [2.45, 2.75) is 6.92 Å². The van der Waals surface area contributed by atoms with Gasteiger partial charge in [-0.2, -0.15) is 0 Å². The summed E-state index contributed by atoms with van der Waals surface area (Å²) < 4.78 is 6.00. The molecule has 0 amide bonds. The molecule has 4 aromatic rings. The second-order valence-electron chi connectivity index (χ2n) is 5.00. The standard InChI is InChI=1S/C18H12O2/c1-11(19)13-7-4-8-16-17(13)15-10-9-12-5-2-3-6-14(12)18(15)20-16/h2-10H,1H3. The van der Waals surface area contributed by atoms with Crippen molar-refractivity contribution in [3.05, 3.63) is 60.2 Å². The molecule has 0 atom stereocenters. The van der Waals surface area contributed by atoms with Crippen LogP contribution in [0.4, 0.5) is 0 Å². The normalized spacial score (nSPS) is 11.4. The molecule has 1 aromatic heterocycles. The number of ketones is 1. The molecule has 0 aliphatic carbocycles. The Labute approximate surface area is 115 Å². The lowest BCUT2D eigenvalue weighted by Gasteiger charge is -1.99. The van der Waals surface area contributed by atoms with E-state index in [-0.39, 0.29) is 5.78 Å². The highest BCUT2D eigenvalue weighted by Crippen LogP contribution is 2.35. The molecule has 0 spiro atoms. The Morgan fingerprint density at radius 1 is 0.900 bits per heavy atom. The highest BCUT2D eigenvalue weighted by molar-refractivity contribution is 6.20. The van der Waals surface area contributed by atoms with Crippen molar-refractivity contribution in [3.63, 3.8) is 0 Å². The SMILES string of the molecule is CC(=O)c1cccc2oc3c4ccccc4ccc3c12. The first-order valence-electron chi connectivity index (χ1n) is 6.59. The Morgan fingerprint density at radius 3 is 2.60 bits per heavy atom. The maximum absolute atomic E-state index is 11.8. The number of carbonyl (C=O) groups is 1. The molecule has 1 heterocycles. The molecule has 4 rings (SSSR count). The molecule has 0 unspecified atom stereocenters. The van der Waals surface area contributed by atoms with Gasteiger partial charge in [0.2, 0.25) is 0 Å². The van der Waals surface area contributed by atoms with Gasteiger partial charge in [0.05, 0.1) is 0 Å². The van der Waals surface area contributed by atoms with Gasteiger partial charge < -0.3 is 4.42 Å². The van der Waals surface area contributed by atoms with Gasteiger partial charge in [-0.1, -0.05) is 42.5 Å². The van der Waals surface area contributed by atoms with Crippen LogP contribution >= 0.6 is 0 Å². The third-order valence-corrected chi connectivity index (χ3v) is 3.77. The summed E-state index contributed by atoms with van der Waals surface area (Å²) in [5.41, 5.74) is 2.34. The number of rotatable bonds is 1. The maximum atomic E-state index is 11.8. The molecule has 96 valence electrons. The number of benzene rings is 3. The van der Waals surface area contributed by atoms with Gasteiger partial charge in [0.15, 0.2) is 5.78 Å². The Balaban J connectivity index is 2.28. The van der Waals surface area contributed by atoms with E-state index in [1.54, 1.807) is 6.92 Å². The van der Waals surface area contributed by atoms with Crippen molar-refractivity contribution in [1.29, 1.82) is 0 Å². The van der Waals surface area contributed by atoms with Crippen LogP contribution in [0.15, 0.2) is 59.0 Å². The average Bonchev–Trinajstić information content (AvgIpc) is 2.86. The molecule has 2 heteroatoms. The van der Waals surface area contributed by atoms with Gasteiger partial charge in [0.1, 0.15) is 11.2 Å². The van der Waals surface area contributed by atoms with E-state index in [9.17, 15) is 4.79 Å². The van der Waals surface area contributed by atoms with Crippen LogP contribution < -0.4 is 0 Å². The molecule has 0 saturated carbocycles. The molecule has 0 fully saturated rings. The lowest BCUT2D eigenvalue weighted by molar-refractivity contribution is 0.101. The molecular weight excluding hydrogens is 248 g/mol. The second kappa shape index (κ2) is 3.94. The molecule has 0 aliphatic rings. The molecule has 0 bridgehead atoms. The fraction of sp³-hybridized carbons (Fsp3) is 0.0556. The third-order valence-electron chi connectivity index (χ3n) is 3.77. The van der Waals surface area contributed by atoms with Gasteiger partial charge in [-0.05, 0) is 24.4 Å². The highest BCUT2D eigenvalue weighted by Gasteiger charge is 2.14. The molecule has 20 heavy (non-hydrogen) atoms. The van der Waals surface area contributed by atoms with Crippen molar-refractivity contribution < 1.29 is 9.21 Å². The molecule has 0 aliphatic heterocycles. The zero-order valence-corrected chi connectivity index (χ0v) is 11.0. The Hall–Kier alpha value is -2.61. The summed E-state index contributed by atoms with van der Waals surface area (Å²) in [6.45, 7) is 1.59. The zero-order valence-electron chi connectivity index (χ0n) is 11.0. The van der Waals surface area contributed by atoms with Crippen LogP contribution in [-0.2, 0) is 0 Å². The fourth-order valence-corrected chi connectivity index (χ4v) is 2.85. The quantitative estimate of drug-likeness (QED) is 0.454. The van der Waals surface area contributed by atoms with E-state index in [0.717, 1.165) is 38.3 Å².